The van der Waals surface area contributed by atoms with Crippen LogP contribution in [-0.2, 0) is 9.53 Å². The fourth-order valence-corrected chi connectivity index (χ4v) is 2.88. The van der Waals surface area contributed by atoms with Crippen LogP contribution in [0.15, 0.2) is 23.1 Å². The van der Waals surface area contributed by atoms with Gasteiger partial charge in [0.2, 0.25) is 0 Å². The lowest BCUT2D eigenvalue weighted by atomic mass is 10.1. The minimum atomic E-state index is -0.388. The predicted octanol–water partition coefficient (Wildman–Crippen LogP) is 2.70. The van der Waals surface area contributed by atoms with Gasteiger partial charge in [0.1, 0.15) is 5.75 Å². The molecule has 1 aliphatic heterocycles. The van der Waals surface area contributed by atoms with Crippen molar-refractivity contribution in [3.63, 3.8) is 0 Å². The van der Waals surface area contributed by atoms with Gasteiger partial charge >= 0.3 is 5.97 Å². The summed E-state index contributed by atoms with van der Waals surface area (Å²) in [6.45, 7) is 1.99. The van der Waals surface area contributed by atoms with Crippen LogP contribution in [0.5, 0.6) is 5.75 Å². The van der Waals surface area contributed by atoms with Crippen LogP contribution in [0.2, 0.25) is 0 Å². The number of Topliss-reactive ketones (excluding diaryl/α,β-unsaturated/α-hetero) is 1. The van der Waals surface area contributed by atoms with Crippen molar-refractivity contribution in [3.05, 3.63) is 23.8 Å². The Hall–Kier alpha value is -1.49. The molecule has 0 aromatic heterocycles. The van der Waals surface area contributed by atoms with E-state index in [2.05, 4.69) is 0 Å². The number of carbonyl (C=O) groups is 2. The van der Waals surface area contributed by atoms with Gasteiger partial charge in [-0.25, -0.2) is 4.79 Å². The number of hydrogen-bond donors (Lipinski definition) is 0. The SMILES string of the molecule is CCOC(=O)COc1ccc2c(c1)SCCCC2=O. The highest BCUT2D eigenvalue weighted by atomic mass is 32.2. The Bertz CT molecular complexity index is 484. The van der Waals surface area contributed by atoms with E-state index >= 15 is 0 Å². The summed E-state index contributed by atoms with van der Waals surface area (Å²) in [5, 5.41) is 0. The molecule has 0 saturated carbocycles. The minimum Gasteiger partial charge on any atom is -0.482 e. The number of carbonyl (C=O) groups excluding carboxylic acids is 2. The van der Waals surface area contributed by atoms with Gasteiger partial charge in [0.15, 0.2) is 12.4 Å². The highest BCUT2D eigenvalue weighted by molar-refractivity contribution is 7.99. The van der Waals surface area contributed by atoms with Gasteiger partial charge in [-0.1, -0.05) is 0 Å². The molecule has 19 heavy (non-hydrogen) atoms. The second kappa shape index (κ2) is 6.61. The number of esters is 1. The molecule has 2 rings (SSSR count). The van der Waals surface area contributed by atoms with Gasteiger partial charge in [-0.05, 0) is 37.3 Å². The topological polar surface area (TPSA) is 52.6 Å². The third-order valence-corrected chi connectivity index (χ3v) is 3.86. The van der Waals surface area contributed by atoms with Crippen LogP contribution in [-0.4, -0.2) is 30.7 Å². The van der Waals surface area contributed by atoms with E-state index in [0.717, 1.165) is 22.6 Å². The molecule has 4 nitrogen and oxygen atoms in total. The summed E-state index contributed by atoms with van der Waals surface area (Å²) in [6, 6.07) is 5.32. The van der Waals surface area contributed by atoms with E-state index in [1.807, 2.05) is 6.07 Å². The van der Waals surface area contributed by atoms with Gasteiger partial charge in [-0.3, -0.25) is 4.79 Å². The summed E-state index contributed by atoms with van der Waals surface area (Å²) < 4.78 is 10.2. The lowest BCUT2D eigenvalue weighted by Gasteiger charge is -2.09. The van der Waals surface area contributed by atoms with E-state index < -0.39 is 0 Å². The van der Waals surface area contributed by atoms with E-state index in [1.54, 1.807) is 30.8 Å². The zero-order valence-corrected chi connectivity index (χ0v) is 11.6. The van der Waals surface area contributed by atoms with Crippen molar-refractivity contribution in [1.82, 2.24) is 0 Å². The van der Waals surface area contributed by atoms with E-state index in [1.165, 1.54) is 0 Å². The Morgan fingerprint density at radius 2 is 2.26 bits per heavy atom. The quantitative estimate of drug-likeness (QED) is 0.794. The van der Waals surface area contributed by atoms with Crippen molar-refractivity contribution >= 4 is 23.5 Å². The molecule has 5 heteroatoms. The number of ether oxygens (including phenoxy) is 2. The van der Waals surface area contributed by atoms with E-state index in [-0.39, 0.29) is 18.4 Å². The van der Waals surface area contributed by atoms with Crippen LogP contribution in [0.3, 0.4) is 0 Å². The Morgan fingerprint density at radius 1 is 1.42 bits per heavy atom. The molecular formula is C14H16O4S. The molecule has 1 aromatic carbocycles. The third kappa shape index (κ3) is 3.73. The Morgan fingerprint density at radius 3 is 3.05 bits per heavy atom. The first-order chi connectivity index (χ1) is 9.20. The number of rotatable bonds is 4. The molecule has 0 aliphatic carbocycles. The van der Waals surface area contributed by atoms with Gasteiger partial charge in [0.25, 0.3) is 0 Å². The molecular weight excluding hydrogens is 264 g/mol. The molecule has 0 fully saturated rings. The minimum absolute atomic E-state index is 0.106. The molecule has 1 aromatic rings. The smallest absolute Gasteiger partial charge is 0.344 e. The Balaban J connectivity index is 2.06. The maximum absolute atomic E-state index is 11.8. The first-order valence-electron chi connectivity index (χ1n) is 6.29. The molecule has 0 radical (unpaired) electrons. The predicted molar refractivity (Wildman–Crippen MR) is 72.9 cm³/mol. The van der Waals surface area contributed by atoms with Gasteiger partial charge in [0.05, 0.1) is 6.61 Å². The van der Waals surface area contributed by atoms with E-state index in [4.69, 9.17) is 9.47 Å². The number of fused-ring (bicyclic) bond motifs is 1. The van der Waals surface area contributed by atoms with E-state index in [9.17, 15) is 9.59 Å². The summed E-state index contributed by atoms with van der Waals surface area (Å²) in [5.41, 5.74) is 0.756. The summed E-state index contributed by atoms with van der Waals surface area (Å²) >= 11 is 1.65. The van der Waals surface area contributed by atoms with Crippen molar-refractivity contribution in [2.75, 3.05) is 19.0 Å². The van der Waals surface area contributed by atoms with Gasteiger partial charge in [-0.15, -0.1) is 11.8 Å². The Kier molecular flexibility index (Phi) is 4.85. The highest BCUT2D eigenvalue weighted by Gasteiger charge is 2.16. The van der Waals surface area contributed by atoms with Crippen LogP contribution in [0.1, 0.15) is 30.1 Å². The van der Waals surface area contributed by atoms with Crippen molar-refractivity contribution in [3.8, 4) is 5.75 Å². The molecule has 0 bridgehead atoms. The molecule has 0 saturated heterocycles. The second-order valence-electron chi connectivity index (χ2n) is 4.13. The highest BCUT2D eigenvalue weighted by Crippen LogP contribution is 2.31. The molecule has 0 amide bonds. The van der Waals surface area contributed by atoms with Crippen molar-refractivity contribution in [2.45, 2.75) is 24.7 Å². The molecule has 0 unspecified atom stereocenters. The van der Waals surface area contributed by atoms with E-state index in [0.29, 0.717) is 18.8 Å². The first kappa shape index (κ1) is 13.9. The summed E-state index contributed by atoms with van der Waals surface area (Å²) in [5.74, 6) is 1.31. The Labute approximate surface area is 116 Å². The van der Waals surface area contributed by atoms with Crippen LogP contribution in [0.4, 0.5) is 0 Å². The average Bonchev–Trinajstić information content (AvgIpc) is 2.59. The lowest BCUT2D eigenvalue weighted by Crippen LogP contribution is -2.14. The largest absolute Gasteiger partial charge is 0.482 e. The zero-order valence-electron chi connectivity index (χ0n) is 10.8. The molecule has 1 heterocycles. The second-order valence-corrected chi connectivity index (χ2v) is 5.26. The standard InChI is InChI=1S/C14H16O4S/c1-2-17-14(16)9-18-10-5-6-11-12(15)4-3-7-19-13(11)8-10/h5-6,8H,2-4,7,9H2,1H3. The number of benzene rings is 1. The third-order valence-electron chi connectivity index (χ3n) is 2.72. The fraction of sp³-hybridized carbons (Fsp3) is 0.429. The molecule has 0 spiro atoms. The summed E-state index contributed by atoms with van der Waals surface area (Å²) in [7, 11) is 0. The maximum atomic E-state index is 11.8. The van der Waals surface area contributed by atoms with Crippen LogP contribution in [0.25, 0.3) is 0 Å². The maximum Gasteiger partial charge on any atom is 0.344 e. The van der Waals surface area contributed by atoms with Crippen molar-refractivity contribution in [2.24, 2.45) is 0 Å². The monoisotopic (exact) mass is 280 g/mol. The van der Waals surface area contributed by atoms with Gasteiger partial charge < -0.3 is 9.47 Å². The lowest BCUT2D eigenvalue weighted by molar-refractivity contribution is -0.145. The molecule has 1 aliphatic rings. The zero-order chi connectivity index (χ0) is 13.7. The van der Waals surface area contributed by atoms with Crippen LogP contribution >= 0.6 is 11.8 Å². The molecule has 0 atom stereocenters. The van der Waals surface area contributed by atoms with Gasteiger partial charge in [0, 0.05) is 16.9 Å². The van der Waals surface area contributed by atoms with Crippen LogP contribution in [0, 0.1) is 0 Å². The fourth-order valence-electron chi connectivity index (χ4n) is 1.84. The van der Waals surface area contributed by atoms with Crippen LogP contribution < -0.4 is 4.74 Å². The average molecular weight is 280 g/mol. The first-order valence-corrected chi connectivity index (χ1v) is 7.27. The summed E-state index contributed by atoms with van der Waals surface area (Å²) in [4.78, 5) is 24.0. The molecule has 102 valence electrons. The normalized spacial score (nSPS) is 14.5. The van der Waals surface area contributed by atoms with Crippen molar-refractivity contribution < 1.29 is 19.1 Å². The number of thioether (sulfide) groups is 1. The summed E-state index contributed by atoms with van der Waals surface area (Å²) in [6.07, 6.45) is 1.50. The van der Waals surface area contributed by atoms with Crippen molar-refractivity contribution in [1.29, 1.82) is 0 Å². The van der Waals surface area contributed by atoms with Gasteiger partial charge in [-0.2, -0.15) is 0 Å². The number of hydrogen-bond acceptors (Lipinski definition) is 5. The number of ketones is 1. The molecule has 0 N–H and O–H groups in total.